The highest BCUT2D eigenvalue weighted by Gasteiger charge is 2.26. The predicted octanol–water partition coefficient (Wildman–Crippen LogP) is 6.13. The summed E-state index contributed by atoms with van der Waals surface area (Å²) in [5.74, 6) is 0.445. The van der Waals surface area contributed by atoms with E-state index >= 15 is 0 Å². The first-order valence-electron chi connectivity index (χ1n) is 14.5. The van der Waals surface area contributed by atoms with E-state index in [-0.39, 0.29) is 11.6 Å². The van der Waals surface area contributed by atoms with Gasteiger partial charge in [-0.25, -0.2) is 9.78 Å². The molecule has 1 aliphatic rings. The molecular weight excluding hydrogens is 528 g/mol. The number of hydrogen-bond acceptors (Lipinski definition) is 6. The molecule has 2 atom stereocenters. The number of fused-ring (bicyclic) bond motifs is 3. The van der Waals surface area contributed by atoms with Crippen LogP contribution in [0.5, 0.6) is 5.75 Å². The standard InChI is InChI=1S/C34H34N4O4/c1-3-37(2)34(41)42-31-15-9-6-12-26(31)28-19-22(16-17-35-28)18-23-20-27-32(25-11-5-4-10-24(23)25)36-21-38(33(27)40)29-13-7-8-14-30(29)39/h4-6,9-12,15-17,19-21,29-30,39H,3,7-8,13-14,18H2,1-2H3. The second kappa shape index (κ2) is 11.7. The van der Waals surface area contributed by atoms with Crippen LogP contribution in [0.3, 0.4) is 0 Å². The molecule has 1 N–H and O–H groups in total. The fourth-order valence-corrected chi connectivity index (χ4v) is 5.87. The molecular formula is C34H34N4O4. The number of carbonyl (C=O) groups excluding carboxylic acids is 1. The molecule has 2 unspecified atom stereocenters. The summed E-state index contributed by atoms with van der Waals surface area (Å²) < 4.78 is 7.31. The van der Waals surface area contributed by atoms with Crippen LogP contribution in [0.15, 0.2) is 84.0 Å². The summed E-state index contributed by atoms with van der Waals surface area (Å²) in [6, 6.07) is 21.0. The van der Waals surface area contributed by atoms with Gasteiger partial charge in [-0.1, -0.05) is 49.2 Å². The van der Waals surface area contributed by atoms with Gasteiger partial charge in [0.25, 0.3) is 5.56 Å². The molecule has 1 aliphatic carbocycles. The highest BCUT2D eigenvalue weighted by atomic mass is 16.6. The second-order valence-electron chi connectivity index (χ2n) is 11.0. The number of para-hydroxylation sites is 1. The molecule has 6 rings (SSSR count). The van der Waals surface area contributed by atoms with Crippen LogP contribution in [-0.4, -0.2) is 50.3 Å². The number of hydrogen-bond donors (Lipinski definition) is 1. The first kappa shape index (κ1) is 27.6. The fourth-order valence-electron chi connectivity index (χ4n) is 5.87. The van der Waals surface area contributed by atoms with Crippen LogP contribution in [0.1, 0.15) is 49.8 Å². The summed E-state index contributed by atoms with van der Waals surface area (Å²) in [5.41, 5.74) is 3.96. The number of aromatic nitrogens is 3. The molecule has 0 radical (unpaired) electrons. The van der Waals surface area contributed by atoms with Gasteiger partial charge in [0.15, 0.2) is 0 Å². The number of ether oxygens (including phenoxy) is 1. The molecule has 0 spiro atoms. The summed E-state index contributed by atoms with van der Waals surface area (Å²) in [7, 11) is 1.69. The SMILES string of the molecule is CCN(C)C(=O)Oc1ccccc1-c1cc(Cc2cc3c(=O)n(C4CCCCC4O)cnc3c3ccccc23)ccn1. The van der Waals surface area contributed by atoms with Crippen LogP contribution in [0.2, 0.25) is 0 Å². The Morgan fingerprint density at radius 2 is 1.76 bits per heavy atom. The van der Waals surface area contributed by atoms with E-state index in [2.05, 4.69) is 11.1 Å². The summed E-state index contributed by atoms with van der Waals surface area (Å²) in [5, 5.41) is 13.1. The zero-order valence-electron chi connectivity index (χ0n) is 23.9. The number of amides is 1. The van der Waals surface area contributed by atoms with E-state index in [9.17, 15) is 14.7 Å². The van der Waals surface area contributed by atoms with Gasteiger partial charge in [0.05, 0.1) is 35.1 Å². The third-order valence-corrected chi connectivity index (χ3v) is 8.29. The van der Waals surface area contributed by atoms with E-state index in [4.69, 9.17) is 9.72 Å². The van der Waals surface area contributed by atoms with E-state index in [1.165, 1.54) is 4.90 Å². The maximum atomic E-state index is 13.8. The number of aliphatic hydroxyl groups excluding tert-OH is 1. The second-order valence-corrected chi connectivity index (χ2v) is 11.0. The number of aliphatic hydroxyl groups is 1. The lowest BCUT2D eigenvalue weighted by molar-refractivity contribution is 0.0735. The average molecular weight is 563 g/mol. The van der Waals surface area contributed by atoms with Crippen molar-refractivity contribution in [3.8, 4) is 17.0 Å². The molecule has 214 valence electrons. The molecule has 8 nitrogen and oxygen atoms in total. The number of carbonyl (C=O) groups is 1. The zero-order chi connectivity index (χ0) is 29.2. The first-order valence-corrected chi connectivity index (χ1v) is 14.5. The summed E-state index contributed by atoms with van der Waals surface area (Å²) in [6.07, 6.45) is 6.36. The van der Waals surface area contributed by atoms with Crippen molar-refractivity contribution < 1.29 is 14.6 Å². The minimum atomic E-state index is -0.546. The molecule has 0 aliphatic heterocycles. The van der Waals surface area contributed by atoms with Crippen molar-refractivity contribution in [2.75, 3.05) is 13.6 Å². The molecule has 0 saturated heterocycles. The maximum Gasteiger partial charge on any atom is 0.414 e. The molecule has 1 amide bonds. The van der Waals surface area contributed by atoms with Crippen LogP contribution in [0, 0.1) is 0 Å². The van der Waals surface area contributed by atoms with Gasteiger partial charge in [0.1, 0.15) is 5.75 Å². The Morgan fingerprint density at radius 3 is 2.57 bits per heavy atom. The van der Waals surface area contributed by atoms with E-state index in [1.807, 2.05) is 61.5 Å². The van der Waals surface area contributed by atoms with Gasteiger partial charge in [-0.05, 0) is 73.0 Å². The predicted molar refractivity (Wildman–Crippen MR) is 164 cm³/mol. The van der Waals surface area contributed by atoms with Gasteiger partial charge in [-0.2, -0.15) is 0 Å². The normalized spacial score (nSPS) is 16.9. The van der Waals surface area contributed by atoms with E-state index in [0.29, 0.717) is 41.7 Å². The Balaban J connectivity index is 1.40. The van der Waals surface area contributed by atoms with Gasteiger partial charge in [0, 0.05) is 30.7 Å². The van der Waals surface area contributed by atoms with E-state index in [1.54, 1.807) is 30.2 Å². The number of nitrogens with zero attached hydrogens (tertiary/aromatic N) is 4. The van der Waals surface area contributed by atoms with Crippen LogP contribution in [0.25, 0.3) is 32.9 Å². The quantitative estimate of drug-likeness (QED) is 0.250. The van der Waals surface area contributed by atoms with Crippen molar-refractivity contribution in [2.24, 2.45) is 0 Å². The van der Waals surface area contributed by atoms with Gasteiger partial charge in [-0.15, -0.1) is 0 Å². The van der Waals surface area contributed by atoms with Crippen LogP contribution >= 0.6 is 0 Å². The van der Waals surface area contributed by atoms with E-state index in [0.717, 1.165) is 46.7 Å². The van der Waals surface area contributed by atoms with Crippen molar-refractivity contribution in [1.82, 2.24) is 19.4 Å². The van der Waals surface area contributed by atoms with Crippen molar-refractivity contribution in [3.63, 3.8) is 0 Å². The molecule has 2 aromatic heterocycles. The zero-order valence-corrected chi connectivity index (χ0v) is 23.9. The van der Waals surface area contributed by atoms with Crippen molar-refractivity contribution >= 4 is 27.8 Å². The van der Waals surface area contributed by atoms with Crippen LogP contribution in [-0.2, 0) is 6.42 Å². The Kier molecular flexibility index (Phi) is 7.71. The minimum absolute atomic E-state index is 0.124. The molecule has 42 heavy (non-hydrogen) atoms. The molecule has 3 aromatic carbocycles. The monoisotopic (exact) mass is 562 g/mol. The van der Waals surface area contributed by atoms with Gasteiger partial charge in [-0.3, -0.25) is 14.3 Å². The van der Waals surface area contributed by atoms with Gasteiger partial charge < -0.3 is 14.7 Å². The van der Waals surface area contributed by atoms with Crippen LogP contribution < -0.4 is 10.3 Å². The molecule has 5 aromatic rings. The molecule has 8 heteroatoms. The van der Waals surface area contributed by atoms with Crippen molar-refractivity contribution in [1.29, 1.82) is 0 Å². The molecule has 1 saturated carbocycles. The Bertz CT molecular complexity index is 1830. The smallest absolute Gasteiger partial charge is 0.409 e. The lowest BCUT2D eigenvalue weighted by Crippen LogP contribution is -2.34. The first-order chi connectivity index (χ1) is 20.4. The van der Waals surface area contributed by atoms with Gasteiger partial charge in [0.2, 0.25) is 0 Å². The summed E-state index contributed by atoms with van der Waals surface area (Å²) in [4.78, 5) is 37.1. The van der Waals surface area contributed by atoms with Crippen LogP contribution in [0.4, 0.5) is 4.79 Å². The minimum Gasteiger partial charge on any atom is -0.409 e. The topological polar surface area (TPSA) is 97.5 Å². The highest BCUT2D eigenvalue weighted by molar-refractivity contribution is 6.06. The van der Waals surface area contributed by atoms with Crippen molar-refractivity contribution in [3.05, 3.63) is 101 Å². The number of rotatable bonds is 6. The fraction of sp³-hybridized carbons (Fsp3) is 0.294. The van der Waals surface area contributed by atoms with Gasteiger partial charge >= 0.3 is 6.09 Å². The molecule has 0 bridgehead atoms. The molecule has 1 fully saturated rings. The Morgan fingerprint density at radius 1 is 1.00 bits per heavy atom. The lowest BCUT2D eigenvalue weighted by atomic mass is 9.92. The van der Waals surface area contributed by atoms with E-state index < -0.39 is 12.2 Å². The largest absolute Gasteiger partial charge is 0.414 e. The number of pyridine rings is 1. The maximum absolute atomic E-state index is 13.8. The third-order valence-electron chi connectivity index (χ3n) is 8.29. The third kappa shape index (κ3) is 5.25. The number of benzene rings is 3. The Labute approximate surface area is 244 Å². The molecule has 2 heterocycles. The average Bonchev–Trinajstić information content (AvgIpc) is 3.02. The summed E-state index contributed by atoms with van der Waals surface area (Å²) in [6.45, 7) is 2.43. The Hall–Kier alpha value is -4.56. The van der Waals surface area contributed by atoms with Crippen molar-refractivity contribution in [2.45, 2.75) is 51.2 Å². The summed E-state index contributed by atoms with van der Waals surface area (Å²) >= 11 is 0. The highest BCUT2D eigenvalue weighted by Crippen LogP contribution is 2.32. The lowest BCUT2D eigenvalue weighted by Gasteiger charge is -2.29.